The van der Waals surface area contributed by atoms with Crippen LogP contribution in [0.15, 0.2) is 53.1 Å². The summed E-state index contributed by atoms with van der Waals surface area (Å²) in [5.74, 6) is 0.154. The van der Waals surface area contributed by atoms with Gasteiger partial charge in [0, 0.05) is 0 Å². The molecule has 4 rings (SSSR count). The molecule has 1 amide bonds. The maximum atomic E-state index is 12.9. The molecular weight excluding hydrogens is 384 g/mol. The molecule has 3 heterocycles. The number of para-hydroxylation sites is 1. The van der Waals surface area contributed by atoms with Gasteiger partial charge in [-0.1, -0.05) is 18.2 Å². The molecule has 0 unspecified atom stereocenters. The molecular formula is C22H24N4O4. The second-order valence-corrected chi connectivity index (χ2v) is 7.08. The lowest BCUT2D eigenvalue weighted by molar-refractivity contribution is 0.0527. The van der Waals surface area contributed by atoms with E-state index in [0.29, 0.717) is 12.2 Å². The molecule has 0 aliphatic carbocycles. The van der Waals surface area contributed by atoms with Crippen molar-refractivity contribution < 1.29 is 18.7 Å². The van der Waals surface area contributed by atoms with Crippen LogP contribution in [-0.4, -0.2) is 46.3 Å². The lowest BCUT2D eigenvalue weighted by atomic mass is 10.3. The summed E-state index contributed by atoms with van der Waals surface area (Å²) in [7, 11) is 0. The molecule has 1 aliphatic heterocycles. The van der Waals surface area contributed by atoms with Crippen molar-refractivity contribution in [1.29, 1.82) is 0 Å². The average molecular weight is 408 g/mol. The number of anilines is 1. The van der Waals surface area contributed by atoms with Crippen LogP contribution in [0.25, 0.3) is 5.69 Å². The summed E-state index contributed by atoms with van der Waals surface area (Å²) < 4.78 is 12.4. The number of hydrogen-bond donors (Lipinski definition) is 1. The number of furan rings is 1. The first-order valence-corrected chi connectivity index (χ1v) is 10.1. The Balaban J connectivity index is 1.58. The second-order valence-electron chi connectivity index (χ2n) is 7.08. The van der Waals surface area contributed by atoms with Crippen LogP contribution < -0.4 is 5.32 Å². The Morgan fingerprint density at radius 2 is 1.90 bits per heavy atom. The molecule has 1 aromatic carbocycles. The summed E-state index contributed by atoms with van der Waals surface area (Å²) >= 11 is 0. The number of nitrogens with zero attached hydrogens (tertiary/aromatic N) is 3. The van der Waals surface area contributed by atoms with Crippen molar-refractivity contribution in [3.05, 3.63) is 65.7 Å². The molecule has 30 heavy (non-hydrogen) atoms. The maximum Gasteiger partial charge on any atom is 0.343 e. The van der Waals surface area contributed by atoms with Crippen molar-refractivity contribution in [3.8, 4) is 5.69 Å². The molecule has 1 aliphatic rings. The van der Waals surface area contributed by atoms with E-state index in [1.165, 1.54) is 23.7 Å². The first-order chi connectivity index (χ1) is 14.7. The molecule has 8 heteroatoms. The molecule has 3 aromatic rings. The molecule has 0 radical (unpaired) electrons. The van der Waals surface area contributed by atoms with E-state index in [0.717, 1.165) is 18.8 Å². The first-order valence-electron chi connectivity index (χ1n) is 10.1. The van der Waals surface area contributed by atoms with Crippen LogP contribution in [0.4, 0.5) is 5.82 Å². The summed E-state index contributed by atoms with van der Waals surface area (Å²) in [4.78, 5) is 27.5. The lowest BCUT2D eigenvalue weighted by Crippen LogP contribution is -2.18. The number of ether oxygens (including phenoxy) is 1. The Morgan fingerprint density at radius 3 is 2.63 bits per heavy atom. The fraction of sp³-hybridized carbons (Fsp3) is 0.318. The monoisotopic (exact) mass is 408 g/mol. The molecule has 156 valence electrons. The SMILES string of the molecule is CCOC(=O)c1cnn(-c2ccccc2)c1NC(=O)c1ccc(CN2CCCC2)o1. The van der Waals surface area contributed by atoms with Gasteiger partial charge in [-0.15, -0.1) is 0 Å². The lowest BCUT2D eigenvalue weighted by Gasteiger charge is -2.12. The zero-order valence-corrected chi connectivity index (χ0v) is 16.8. The highest BCUT2D eigenvalue weighted by Crippen LogP contribution is 2.23. The quantitative estimate of drug-likeness (QED) is 0.602. The van der Waals surface area contributed by atoms with Crippen LogP contribution in [-0.2, 0) is 11.3 Å². The van der Waals surface area contributed by atoms with Gasteiger partial charge in [-0.2, -0.15) is 5.10 Å². The average Bonchev–Trinajstić information content (AvgIpc) is 3.50. The Labute approximate surface area is 174 Å². The predicted octanol–water partition coefficient (Wildman–Crippen LogP) is 3.49. The number of hydrogen-bond acceptors (Lipinski definition) is 6. The third kappa shape index (κ3) is 4.28. The van der Waals surface area contributed by atoms with E-state index < -0.39 is 11.9 Å². The Bertz CT molecular complexity index is 1020. The minimum atomic E-state index is -0.552. The molecule has 0 atom stereocenters. The van der Waals surface area contributed by atoms with E-state index in [4.69, 9.17) is 9.15 Å². The highest BCUT2D eigenvalue weighted by atomic mass is 16.5. The number of amides is 1. The number of esters is 1. The van der Waals surface area contributed by atoms with E-state index in [1.807, 2.05) is 36.4 Å². The summed E-state index contributed by atoms with van der Waals surface area (Å²) in [6, 6.07) is 12.7. The molecule has 0 saturated carbocycles. The van der Waals surface area contributed by atoms with Gasteiger partial charge in [0.15, 0.2) is 11.6 Å². The van der Waals surface area contributed by atoms with Crippen LogP contribution in [0, 0.1) is 0 Å². The van der Waals surface area contributed by atoms with Gasteiger partial charge in [0.25, 0.3) is 5.91 Å². The van der Waals surface area contributed by atoms with Crippen LogP contribution in [0.5, 0.6) is 0 Å². The van der Waals surface area contributed by atoms with Gasteiger partial charge in [-0.25, -0.2) is 9.48 Å². The van der Waals surface area contributed by atoms with Crippen LogP contribution in [0.2, 0.25) is 0 Å². The van der Waals surface area contributed by atoms with Crippen molar-refractivity contribution in [2.45, 2.75) is 26.3 Å². The molecule has 2 aromatic heterocycles. The number of aromatic nitrogens is 2. The van der Waals surface area contributed by atoms with Crippen LogP contribution in [0.1, 0.15) is 46.4 Å². The third-order valence-electron chi connectivity index (χ3n) is 4.96. The topological polar surface area (TPSA) is 89.6 Å². The molecule has 8 nitrogen and oxygen atoms in total. The standard InChI is InChI=1S/C22H24N4O4/c1-2-29-22(28)18-14-23-26(16-8-4-3-5-9-16)20(18)24-21(27)19-11-10-17(30-19)15-25-12-6-7-13-25/h3-5,8-11,14H,2,6-7,12-13,15H2,1H3,(H,24,27). The van der Waals surface area contributed by atoms with E-state index in [1.54, 1.807) is 13.0 Å². The third-order valence-corrected chi connectivity index (χ3v) is 4.96. The van der Waals surface area contributed by atoms with Crippen LogP contribution in [0.3, 0.4) is 0 Å². The second kappa shape index (κ2) is 8.96. The van der Waals surface area contributed by atoms with E-state index in [-0.39, 0.29) is 23.7 Å². The molecule has 0 spiro atoms. The minimum Gasteiger partial charge on any atom is -0.462 e. The van der Waals surface area contributed by atoms with Gasteiger partial charge < -0.3 is 14.5 Å². The number of likely N-dealkylation sites (tertiary alicyclic amines) is 1. The summed E-state index contributed by atoms with van der Waals surface area (Å²) in [5.41, 5.74) is 0.885. The van der Waals surface area contributed by atoms with Gasteiger partial charge in [0.05, 0.1) is 25.0 Å². The Kier molecular flexibility index (Phi) is 5.94. The van der Waals surface area contributed by atoms with Gasteiger partial charge in [0.1, 0.15) is 11.3 Å². The van der Waals surface area contributed by atoms with Gasteiger partial charge in [0.2, 0.25) is 0 Å². The van der Waals surface area contributed by atoms with Gasteiger partial charge in [-0.05, 0) is 57.1 Å². The fourth-order valence-corrected chi connectivity index (χ4v) is 3.51. The van der Waals surface area contributed by atoms with Crippen molar-refractivity contribution in [3.63, 3.8) is 0 Å². The summed E-state index contributed by atoms with van der Waals surface area (Å²) in [6.45, 7) is 4.72. The molecule has 1 fully saturated rings. The smallest absolute Gasteiger partial charge is 0.343 e. The zero-order chi connectivity index (χ0) is 20.9. The van der Waals surface area contributed by atoms with Crippen molar-refractivity contribution in [2.75, 3.05) is 25.0 Å². The number of carbonyl (C=O) groups excluding carboxylic acids is 2. The van der Waals surface area contributed by atoms with Gasteiger partial charge >= 0.3 is 5.97 Å². The highest BCUT2D eigenvalue weighted by molar-refractivity contribution is 6.06. The van der Waals surface area contributed by atoms with E-state index in [9.17, 15) is 9.59 Å². The molecule has 1 N–H and O–H groups in total. The molecule has 1 saturated heterocycles. The summed E-state index contributed by atoms with van der Waals surface area (Å²) in [6.07, 6.45) is 3.77. The van der Waals surface area contributed by atoms with E-state index in [2.05, 4.69) is 15.3 Å². The van der Waals surface area contributed by atoms with Crippen molar-refractivity contribution in [2.24, 2.45) is 0 Å². The normalized spacial score (nSPS) is 14.0. The largest absolute Gasteiger partial charge is 0.462 e. The Morgan fingerprint density at radius 1 is 1.13 bits per heavy atom. The van der Waals surface area contributed by atoms with E-state index >= 15 is 0 Å². The minimum absolute atomic E-state index is 0.179. The fourth-order valence-electron chi connectivity index (χ4n) is 3.51. The van der Waals surface area contributed by atoms with Gasteiger partial charge in [-0.3, -0.25) is 9.69 Å². The number of benzene rings is 1. The Hall–Kier alpha value is -3.39. The molecule has 0 bridgehead atoms. The predicted molar refractivity (Wildman–Crippen MR) is 111 cm³/mol. The zero-order valence-electron chi connectivity index (χ0n) is 16.8. The van der Waals surface area contributed by atoms with Crippen LogP contribution >= 0.6 is 0 Å². The maximum absolute atomic E-state index is 12.9. The first kappa shape index (κ1) is 19.9. The van der Waals surface area contributed by atoms with Crippen molar-refractivity contribution in [1.82, 2.24) is 14.7 Å². The number of nitrogens with one attached hydrogen (secondary N) is 1. The summed E-state index contributed by atoms with van der Waals surface area (Å²) in [5, 5.41) is 7.05. The number of carbonyl (C=O) groups is 2. The van der Waals surface area contributed by atoms with Crippen molar-refractivity contribution >= 4 is 17.7 Å². The number of rotatable bonds is 7. The highest BCUT2D eigenvalue weighted by Gasteiger charge is 2.23.